The Kier molecular flexibility index (Phi) is 4.30. The number of anilines is 1. The molecule has 0 unspecified atom stereocenters. The van der Waals surface area contributed by atoms with E-state index in [0.29, 0.717) is 32.2 Å². The highest BCUT2D eigenvalue weighted by atomic mass is 35.5. The third-order valence-electron chi connectivity index (χ3n) is 3.12. The molecule has 0 fully saturated rings. The SMILES string of the molecule is C/C(=N/Nc1c(Cl)cc(Cl)cc1Cl)c1cc2ccccc2o1. The molecule has 0 amide bonds. The number of hydrazone groups is 1. The fourth-order valence-corrected chi connectivity index (χ4v) is 2.91. The van der Waals surface area contributed by atoms with Gasteiger partial charge in [0, 0.05) is 10.4 Å². The van der Waals surface area contributed by atoms with Gasteiger partial charge >= 0.3 is 0 Å². The number of nitrogens with one attached hydrogen (secondary N) is 1. The standard InChI is InChI=1S/C16H11Cl3N2O/c1-9(15-6-10-4-2-3-5-14(10)22-15)20-21-16-12(18)7-11(17)8-13(16)19/h2-8,21H,1H3/b20-9-. The lowest BCUT2D eigenvalue weighted by molar-refractivity contribution is 0.604. The molecule has 3 nitrogen and oxygen atoms in total. The van der Waals surface area contributed by atoms with Crippen molar-refractivity contribution in [3.63, 3.8) is 0 Å². The highest BCUT2D eigenvalue weighted by Gasteiger charge is 2.09. The van der Waals surface area contributed by atoms with E-state index in [1.54, 1.807) is 12.1 Å². The zero-order chi connectivity index (χ0) is 15.7. The Morgan fingerprint density at radius 2 is 1.73 bits per heavy atom. The van der Waals surface area contributed by atoms with Crippen LogP contribution in [0.2, 0.25) is 15.1 Å². The van der Waals surface area contributed by atoms with Gasteiger partial charge in [-0.05, 0) is 31.2 Å². The van der Waals surface area contributed by atoms with Crippen molar-refractivity contribution < 1.29 is 4.42 Å². The zero-order valence-electron chi connectivity index (χ0n) is 11.5. The first-order valence-corrected chi connectivity index (χ1v) is 7.62. The lowest BCUT2D eigenvalue weighted by Gasteiger charge is -2.07. The molecule has 1 heterocycles. The number of nitrogens with zero attached hydrogens (tertiary/aromatic N) is 1. The van der Waals surface area contributed by atoms with Crippen LogP contribution in [0, 0.1) is 0 Å². The number of para-hydroxylation sites is 1. The number of fused-ring (bicyclic) bond motifs is 1. The van der Waals surface area contributed by atoms with Crippen LogP contribution in [0.1, 0.15) is 12.7 Å². The lowest BCUT2D eigenvalue weighted by atomic mass is 10.2. The first-order chi connectivity index (χ1) is 10.5. The molecule has 0 bridgehead atoms. The number of furan rings is 1. The summed E-state index contributed by atoms with van der Waals surface area (Å²) >= 11 is 18.1. The molecule has 0 radical (unpaired) electrons. The van der Waals surface area contributed by atoms with E-state index in [1.165, 1.54) is 0 Å². The van der Waals surface area contributed by atoms with Crippen molar-refractivity contribution in [2.75, 3.05) is 5.43 Å². The Hall–Kier alpha value is -1.68. The summed E-state index contributed by atoms with van der Waals surface area (Å²) in [6.45, 7) is 1.84. The molecular weight excluding hydrogens is 343 g/mol. The van der Waals surface area contributed by atoms with Crippen LogP contribution < -0.4 is 5.43 Å². The third-order valence-corrected chi connectivity index (χ3v) is 3.94. The van der Waals surface area contributed by atoms with Crippen molar-refractivity contribution in [3.05, 3.63) is 63.3 Å². The van der Waals surface area contributed by atoms with E-state index < -0.39 is 0 Å². The monoisotopic (exact) mass is 352 g/mol. The van der Waals surface area contributed by atoms with Crippen molar-refractivity contribution >= 4 is 57.2 Å². The second-order valence-corrected chi connectivity index (χ2v) is 5.95. The van der Waals surface area contributed by atoms with Crippen LogP contribution in [0.5, 0.6) is 0 Å². The average Bonchev–Trinajstić information content (AvgIpc) is 2.89. The van der Waals surface area contributed by atoms with Gasteiger partial charge in [-0.2, -0.15) is 5.10 Å². The molecule has 3 rings (SSSR count). The fourth-order valence-electron chi connectivity index (χ4n) is 2.00. The molecule has 0 aliphatic carbocycles. The van der Waals surface area contributed by atoms with E-state index in [4.69, 9.17) is 39.2 Å². The quantitative estimate of drug-likeness (QED) is 0.447. The van der Waals surface area contributed by atoms with Gasteiger partial charge in [0.1, 0.15) is 11.3 Å². The Bertz CT molecular complexity index is 815. The molecule has 0 aliphatic rings. The maximum atomic E-state index is 6.10. The predicted octanol–water partition coefficient (Wildman–Crippen LogP) is 6.23. The number of hydrogen-bond donors (Lipinski definition) is 1. The van der Waals surface area contributed by atoms with Crippen LogP contribution in [-0.2, 0) is 0 Å². The first-order valence-electron chi connectivity index (χ1n) is 6.48. The van der Waals surface area contributed by atoms with Gasteiger partial charge in [-0.15, -0.1) is 0 Å². The largest absolute Gasteiger partial charge is 0.455 e. The fraction of sp³-hybridized carbons (Fsp3) is 0.0625. The predicted molar refractivity (Wildman–Crippen MR) is 93.5 cm³/mol. The summed E-state index contributed by atoms with van der Waals surface area (Å²) in [5.74, 6) is 0.676. The molecule has 22 heavy (non-hydrogen) atoms. The Labute approximate surface area is 142 Å². The van der Waals surface area contributed by atoms with Gasteiger partial charge in [-0.1, -0.05) is 53.0 Å². The van der Waals surface area contributed by atoms with Crippen LogP contribution in [0.4, 0.5) is 5.69 Å². The molecule has 0 atom stereocenters. The molecule has 6 heteroatoms. The summed E-state index contributed by atoms with van der Waals surface area (Å²) in [6.07, 6.45) is 0. The summed E-state index contributed by atoms with van der Waals surface area (Å²) in [6, 6.07) is 12.9. The van der Waals surface area contributed by atoms with Crippen molar-refractivity contribution in [1.82, 2.24) is 0 Å². The summed E-state index contributed by atoms with van der Waals surface area (Å²) in [5.41, 5.74) is 4.85. The molecule has 3 aromatic rings. The molecular formula is C16H11Cl3N2O. The summed E-state index contributed by atoms with van der Waals surface area (Å²) in [4.78, 5) is 0. The van der Waals surface area contributed by atoms with E-state index in [-0.39, 0.29) is 0 Å². The van der Waals surface area contributed by atoms with E-state index in [1.807, 2.05) is 37.3 Å². The van der Waals surface area contributed by atoms with Crippen LogP contribution in [-0.4, -0.2) is 5.71 Å². The zero-order valence-corrected chi connectivity index (χ0v) is 13.8. The molecule has 0 saturated heterocycles. The minimum absolute atomic E-state index is 0.402. The Morgan fingerprint density at radius 3 is 2.41 bits per heavy atom. The summed E-state index contributed by atoms with van der Waals surface area (Å²) in [5, 5.41) is 6.57. The minimum Gasteiger partial charge on any atom is -0.455 e. The highest BCUT2D eigenvalue weighted by Crippen LogP contribution is 2.33. The van der Waals surface area contributed by atoms with Gasteiger partial charge in [0.05, 0.1) is 15.7 Å². The Balaban J connectivity index is 1.89. The van der Waals surface area contributed by atoms with Crippen molar-refractivity contribution in [2.45, 2.75) is 6.92 Å². The van der Waals surface area contributed by atoms with Gasteiger partial charge < -0.3 is 4.42 Å². The van der Waals surface area contributed by atoms with Crippen LogP contribution in [0.25, 0.3) is 11.0 Å². The summed E-state index contributed by atoms with van der Waals surface area (Å²) in [7, 11) is 0. The van der Waals surface area contributed by atoms with Gasteiger partial charge in [0.25, 0.3) is 0 Å². The van der Waals surface area contributed by atoms with Crippen molar-refractivity contribution in [1.29, 1.82) is 0 Å². The van der Waals surface area contributed by atoms with Crippen LogP contribution >= 0.6 is 34.8 Å². The Morgan fingerprint density at radius 1 is 1.05 bits per heavy atom. The molecule has 0 spiro atoms. The minimum atomic E-state index is 0.402. The number of hydrogen-bond acceptors (Lipinski definition) is 3. The average molecular weight is 354 g/mol. The first kappa shape index (κ1) is 15.2. The maximum Gasteiger partial charge on any atom is 0.151 e. The second kappa shape index (κ2) is 6.21. The van der Waals surface area contributed by atoms with Crippen molar-refractivity contribution in [3.8, 4) is 0 Å². The highest BCUT2D eigenvalue weighted by molar-refractivity contribution is 6.41. The summed E-state index contributed by atoms with van der Waals surface area (Å²) < 4.78 is 5.74. The molecule has 1 aromatic heterocycles. The smallest absolute Gasteiger partial charge is 0.151 e. The molecule has 2 aromatic carbocycles. The van der Waals surface area contributed by atoms with E-state index >= 15 is 0 Å². The van der Waals surface area contributed by atoms with Gasteiger partial charge in [-0.3, -0.25) is 5.43 Å². The molecule has 1 N–H and O–H groups in total. The van der Waals surface area contributed by atoms with Crippen molar-refractivity contribution in [2.24, 2.45) is 5.10 Å². The van der Waals surface area contributed by atoms with Gasteiger partial charge in [0.2, 0.25) is 0 Å². The van der Waals surface area contributed by atoms with Gasteiger partial charge in [0.15, 0.2) is 5.76 Å². The maximum absolute atomic E-state index is 6.10. The van der Waals surface area contributed by atoms with Crippen LogP contribution in [0.15, 0.2) is 52.0 Å². The third kappa shape index (κ3) is 3.07. The number of rotatable bonds is 3. The molecule has 0 aliphatic heterocycles. The number of benzene rings is 2. The number of halogens is 3. The topological polar surface area (TPSA) is 37.5 Å². The van der Waals surface area contributed by atoms with Crippen LogP contribution in [0.3, 0.4) is 0 Å². The molecule has 0 saturated carbocycles. The van der Waals surface area contributed by atoms with E-state index in [9.17, 15) is 0 Å². The molecule has 112 valence electrons. The lowest BCUT2D eigenvalue weighted by Crippen LogP contribution is -1.99. The normalized spacial score (nSPS) is 11.9. The second-order valence-electron chi connectivity index (χ2n) is 4.70. The van der Waals surface area contributed by atoms with E-state index in [2.05, 4.69) is 10.5 Å². The van der Waals surface area contributed by atoms with Gasteiger partial charge in [-0.25, -0.2) is 0 Å². The van der Waals surface area contributed by atoms with E-state index in [0.717, 1.165) is 11.0 Å².